The first-order valence-corrected chi connectivity index (χ1v) is 7.46. The molecule has 0 heterocycles. The zero-order valence-corrected chi connectivity index (χ0v) is 12.7. The van der Waals surface area contributed by atoms with Gasteiger partial charge in [0.15, 0.2) is 0 Å². The molecule has 0 aliphatic rings. The summed E-state index contributed by atoms with van der Waals surface area (Å²) in [5, 5.41) is 0. The normalized spacial score (nSPS) is 11.0. The maximum atomic E-state index is 12.3. The number of ether oxygens (including phenoxy) is 2. The van der Waals surface area contributed by atoms with Gasteiger partial charge in [0.1, 0.15) is 5.75 Å². The molecule has 0 aromatic heterocycles. The average molecular weight is 296 g/mol. The lowest BCUT2D eigenvalue weighted by atomic mass is 10.2. The second-order valence-corrected chi connectivity index (χ2v) is 4.82. The van der Waals surface area contributed by atoms with Gasteiger partial charge in [-0.05, 0) is 30.2 Å². The molecule has 2 aromatic carbocycles. The van der Waals surface area contributed by atoms with Crippen LogP contribution in [-0.4, -0.2) is 12.6 Å². The van der Waals surface area contributed by atoms with Crippen LogP contribution in [-0.2, 0) is 9.53 Å². The highest BCUT2D eigenvalue weighted by atomic mass is 16.6. The quantitative estimate of drug-likeness (QED) is 0.249. The van der Waals surface area contributed by atoms with Crippen molar-refractivity contribution >= 4 is 12.0 Å². The lowest BCUT2D eigenvalue weighted by Crippen LogP contribution is -2.14. The number of esters is 1. The monoisotopic (exact) mass is 296 g/mol. The van der Waals surface area contributed by atoms with Crippen LogP contribution in [0.2, 0.25) is 0 Å². The molecule has 2 aromatic rings. The van der Waals surface area contributed by atoms with Crippen molar-refractivity contribution in [2.45, 2.75) is 19.8 Å². The predicted octanol–water partition coefficient (Wildman–Crippen LogP) is 4.45. The Morgan fingerprint density at radius 3 is 2.27 bits per heavy atom. The fraction of sp³-hybridized carbons (Fsp3) is 0.211. The van der Waals surface area contributed by atoms with Crippen molar-refractivity contribution in [3.05, 3.63) is 72.0 Å². The Morgan fingerprint density at radius 2 is 1.64 bits per heavy atom. The van der Waals surface area contributed by atoms with E-state index in [4.69, 9.17) is 9.47 Å². The number of para-hydroxylation sites is 1. The molecule has 0 unspecified atom stereocenters. The molecule has 0 radical (unpaired) electrons. The van der Waals surface area contributed by atoms with Gasteiger partial charge in [-0.1, -0.05) is 61.9 Å². The van der Waals surface area contributed by atoms with Gasteiger partial charge in [0.25, 0.3) is 0 Å². The third-order valence-electron chi connectivity index (χ3n) is 3.01. The van der Waals surface area contributed by atoms with Gasteiger partial charge in [-0.3, -0.25) is 0 Å². The largest absolute Gasteiger partial charge is 0.487 e. The van der Waals surface area contributed by atoms with E-state index in [1.807, 2.05) is 48.5 Å². The summed E-state index contributed by atoms with van der Waals surface area (Å²) in [6, 6.07) is 18.6. The second-order valence-electron chi connectivity index (χ2n) is 4.82. The van der Waals surface area contributed by atoms with Crippen LogP contribution in [0.15, 0.2) is 66.4 Å². The highest BCUT2D eigenvalue weighted by Gasteiger charge is 2.14. The molecule has 114 valence electrons. The highest BCUT2D eigenvalue weighted by molar-refractivity contribution is 5.92. The minimum Gasteiger partial charge on any atom is -0.487 e. The molecule has 0 aliphatic carbocycles. The third kappa shape index (κ3) is 5.09. The molecule has 22 heavy (non-hydrogen) atoms. The summed E-state index contributed by atoms with van der Waals surface area (Å²) in [6.45, 7) is 2.57. The van der Waals surface area contributed by atoms with Gasteiger partial charge >= 0.3 is 5.97 Å². The van der Waals surface area contributed by atoms with Crippen LogP contribution in [0.1, 0.15) is 25.3 Å². The van der Waals surface area contributed by atoms with Crippen molar-refractivity contribution in [2.24, 2.45) is 0 Å². The summed E-state index contributed by atoms with van der Waals surface area (Å²) < 4.78 is 11.0. The summed E-state index contributed by atoms with van der Waals surface area (Å²) in [5.41, 5.74) is 0.902. The number of hydrogen-bond acceptors (Lipinski definition) is 3. The highest BCUT2D eigenvalue weighted by Crippen LogP contribution is 2.14. The zero-order chi connectivity index (χ0) is 15.6. The van der Waals surface area contributed by atoms with Gasteiger partial charge in [-0.15, -0.1) is 0 Å². The van der Waals surface area contributed by atoms with Crippen LogP contribution in [0.25, 0.3) is 6.08 Å². The molecule has 0 saturated carbocycles. The molecule has 3 heteroatoms. The maximum absolute atomic E-state index is 12.3. The van der Waals surface area contributed by atoms with Crippen LogP contribution >= 0.6 is 0 Å². The Hall–Kier alpha value is -2.55. The Balaban J connectivity index is 2.12. The summed E-state index contributed by atoms with van der Waals surface area (Å²) in [6.07, 6.45) is 3.61. The summed E-state index contributed by atoms with van der Waals surface area (Å²) in [5.74, 6) is 0.250. The summed E-state index contributed by atoms with van der Waals surface area (Å²) >= 11 is 0. The van der Waals surface area contributed by atoms with Crippen molar-refractivity contribution in [3.63, 3.8) is 0 Å². The molecular weight excluding hydrogens is 276 g/mol. The van der Waals surface area contributed by atoms with Crippen molar-refractivity contribution in [3.8, 4) is 5.75 Å². The molecule has 0 aliphatic heterocycles. The molecule has 0 amide bonds. The van der Waals surface area contributed by atoms with Crippen LogP contribution in [0, 0.1) is 0 Å². The first-order valence-electron chi connectivity index (χ1n) is 7.46. The van der Waals surface area contributed by atoms with Crippen LogP contribution in [0.5, 0.6) is 5.75 Å². The molecule has 0 spiro atoms. The first-order chi connectivity index (χ1) is 10.8. The van der Waals surface area contributed by atoms with Crippen LogP contribution in [0.3, 0.4) is 0 Å². The molecule has 0 atom stereocenters. The lowest BCUT2D eigenvalue weighted by Gasteiger charge is -2.10. The number of hydrogen-bond donors (Lipinski definition) is 0. The predicted molar refractivity (Wildman–Crippen MR) is 87.4 cm³/mol. The van der Waals surface area contributed by atoms with Gasteiger partial charge in [0.2, 0.25) is 5.76 Å². The second kappa shape index (κ2) is 8.67. The van der Waals surface area contributed by atoms with E-state index in [9.17, 15) is 4.79 Å². The maximum Gasteiger partial charge on any atom is 0.379 e. The van der Waals surface area contributed by atoms with Crippen molar-refractivity contribution in [2.75, 3.05) is 6.61 Å². The fourth-order valence-electron chi connectivity index (χ4n) is 1.83. The number of rotatable bonds is 7. The molecule has 3 nitrogen and oxygen atoms in total. The minimum absolute atomic E-state index is 0.225. The Kier molecular flexibility index (Phi) is 6.24. The lowest BCUT2D eigenvalue weighted by molar-refractivity contribution is -0.133. The van der Waals surface area contributed by atoms with Crippen molar-refractivity contribution in [1.29, 1.82) is 0 Å². The number of carbonyl (C=O) groups is 1. The van der Waals surface area contributed by atoms with Crippen molar-refractivity contribution < 1.29 is 14.3 Å². The summed E-state index contributed by atoms with van der Waals surface area (Å²) in [7, 11) is 0. The Labute approximate surface area is 131 Å². The molecule has 2 rings (SSSR count). The minimum atomic E-state index is -0.480. The third-order valence-corrected chi connectivity index (χ3v) is 3.01. The molecule has 0 N–H and O–H groups in total. The van der Waals surface area contributed by atoms with Gasteiger partial charge in [0.05, 0.1) is 6.61 Å². The standard InChI is InChI=1S/C19H20O3/c1-2-3-14-21-18(15-16-10-6-4-7-11-16)19(20)22-17-12-8-5-9-13-17/h4-13,15H,2-3,14H2,1H3/b18-15+. The Bertz CT molecular complexity index is 603. The fourth-order valence-corrected chi connectivity index (χ4v) is 1.83. The topological polar surface area (TPSA) is 35.5 Å². The van der Waals surface area contributed by atoms with E-state index < -0.39 is 5.97 Å². The SMILES string of the molecule is CCCCO/C(=C/c1ccccc1)C(=O)Oc1ccccc1. The van der Waals surface area contributed by atoms with Gasteiger partial charge in [-0.2, -0.15) is 0 Å². The van der Waals surface area contributed by atoms with E-state index in [1.54, 1.807) is 18.2 Å². The zero-order valence-electron chi connectivity index (χ0n) is 12.7. The molecule has 0 saturated heterocycles. The van der Waals surface area contributed by atoms with Gasteiger partial charge in [0, 0.05) is 0 Å². The molecule has 0 fully saturated rings. The smallest absolute Gasteiger partial charge is 0.379 e. The molecular formula is C19H20O3. The number of carbonyl (C=O) groups excluding carboxylic acids is 1. The van der Waals surface area contributed by atoms with Gasteiger partial charge < -0.3 is 9.47 Å². The van der Waals surface area contributed by atoms with E-state index in [0.29, 0.717) is 12.4 Å². The van der Waals surface area contributed by atoms with E-state index in [1.165, 1.54) is 0 Å². The van der Waals surface area contributed by atoms with E-state index in [0.717, 1.165) is 18.4 Å². The van der Waals surface area contributed by atoms with Gasteiger partial charge in [-0.25, -0.2) is 4.79 Å². The van der Waals surface area contributed by atoms with Crippen LogP contribution in [0.4, 0.5) is 0 Å². The number of unbranched alkanes of at least 4 members (excludes halogenated alkanes) is 1. The average Bonchev–Trinajstić information content (AvgIpc) is 2.56. The van der Waals surface area contributed by atoms with Crippen LogP contribution < -0.4 is 4.74 Å². The molecule has 0 bridgehead atoms. The van der Waals surface area contributed by atoms with E-state index in [2.05, 4.69) is 6.92 Å². The van der Waals surface area contributed by atoms with E-state index in [-0.39, 0.29) is 5.76 Å². The van der Waals surface area contributed by atoms with E-state index >= 15 is 0 Å². The first kappa shape index (κ1) is 15.8. The van der Waals surface area contributed by atoms with Crippen molar-refractivity contribution in [1.82, 2.24) is 0 Å². The number of benzene rings is 2. The summed E-state index contributed by atoms with van der Waals surface area (Å²) in [4.78, 5) is 12.3. The Morgan fingerprint density at radius 1 is 1.00 bits per heavy atom.